The predicted octanol–water partition coefficient (Wildman–Crippen LogP) is 1.49. The summed E-state index contributed by atoms with van der Waals surface area (Å²) in [6.07, 6.45) is 7.77. The van der Waals surface area contributed by atoms with Crippen LogP contribution >= 0.6 is 0 Å². The molecule has 2 N–H and O–H groups in total. The molecule has 0 radical (unpaired) electrons. The van der Waals surface area contributed by atoms with Crippen molar-refractivity contribution >= 4 is 5.91 Å². The normalized spacial score (nSPS) is 22.5. The highest BCUT2D eigenvalue weighted by Crippen LogP contribution is 2.59. The number of ether oxygens (including phenoxy) is 1. The summed E-state index contributed by atoms with van der Waals surface area (Å²) in [6.45, 7) is 4.12. The Bertz CT molecular complexity index is 486. The van der Waals surface area contributed by atoms with E-state index in [1.807, 2.05) is 12.3 Å². The van der Waals surface area contributed by atoms with Gasteiger partial charge in [0.1, 0.15) is 0 Å². The van der Waals surface area contributed by atoms with Crippen molar-refractivity contribution in [2.75, 3.05) is 26.3 Å². The maximum Gasteiger partial charge on any atom is 0.223 e. The second kappa shape index (κ2) is 7.20. The van der Waals surface area contributed by atoms with Gasteiger partial charge in [-0.15, -0.1) is 0 Å². The van der Waals surface area contributed by atoms with Gasteiger partial charge < -0.3 is 15.4 Å². The number of aromatic nitrogens is 1. The Hall–Kier alpha value is -1.46. The number of hydrogen-bond acceptors (Lipinski definition) is 4. The zero-order valence-corrected chi connectivity index (χ0v) is 13.0. The maximum absolute atomic E-state index is 12.2. The average molecular weight is 303 g/mol. The largest absolute Gasteiger partial charge is 0.381 e. The number of carbonyl (C=O) groups excluding carboxylic acids is 1. The fourth-order valence-corrected chi connectivity index (χ4v) is 3.33. The Balaban J connectivity index is 1.25. The first-order valence-corrected chi connectivity index (χ1v) is 8.25. The van der Waals surface area contributed by atoms with Crippen LogP contribution in [0.1, 0.15) is 31.2 Å². The summed E-state index contributed by atoms with van der Waals surface area (Å²) >= 11 is 0. The minimum atomic E-state index is 0.236. The van der Waals surface area contributed by atoms with Crippen molar-refractivity contribution in [3.63, 3.8) is 0 Å². The van der Waals surface area contributed by atoms with E-state index in [1.165, 1.54) is 5.56 Å². The topological polar surface area (TPSA) is 63.2 Å². The van der Waals surface area contributed by atoms with Gasteiger partial charge in [0.2, 0.25) is 5.91 Å². The first kappa shape index (κ1) is 15.4. The molecule has 5 nitrogen and oxygen atoms in total. The smallest absolute Gasteiger partial charge is 0.223 e. The van der Waals surface area contributed by atoms with Crippen LogP contribution in [0.15, 0.2) is 24.5 Å². The Kier molecular flexibility index (Phi) is 5.05. The third-order valence-corrected chi connectivity index (χ3v) is 4.88. The molecule has 0 unspecified atom stereocenters. The zero-order chi connectivity index (χ0) is 15.3. The van der Waals surface area contributed by atoms with Crippen LogP contribution in [0.4, 0.5) is 0 Å². The van der Waals surface area contributed by atoms with Crippen molar-refractivity contribution in [3.05, 3.63) is 30.1 Å². The standard InChI is InChI=1S/C17H25N3O2/c21-16(15-11-17(15)4-9-22-10-5-17)20-8-2-7-19-13-14-3-1-6-18-12-14/h1,3,6,12,15,19H,2,4-5,7-11,13H2,(H,20,21)/t15-/m0/s1. The monoisotopic (exact) mass is 303 g/mol. The molecule has 1 atom stereocenters. The molecule has 1 saturated carbocycles. The number of rotatable bonds is 7. The molecule has 5 heteroatoms. The van der Waals surface area contributed by atoms with Gasteiger partial charge in [0, 0.05) is 44.6 Å². The van der Waals surface area contributed by atoms with Gasteiger partial charge in [-0.1, -0.05) is 6.07 Å². The third kappa shape index (κ3) is 3.84. The molecule has 1 saturated heterocycles. The van der Waals surface area contributed by atoms with Gasteiger partial charge in [0.05, 0.1) is 0 Å². The molecule has 1 aromatic heterocycles. The summed E-state index contributed by atoms with van der Waals surface area (Å²) < 4.78 is 5.39. The number of hydrogen-bond donors (Lipinski definition) is 2. The molecule has 1 aromatic rings. The van der Waals surface area contributed by atoms with Crippen LogP contribution in [-0.2, 0) is 16.1 Å². The number of carbonyl (C=O) groups is 1. The van der Waals surface area contributed by atoms with Gasteiger partial charge in [0.25, 0.3) is 0 Å². The molecule has 2 heterocycles. The van der Waals surface area contributed by atoms with Crippen molar-refractivity contribution in [2.24, 2.45) is 11.3 Å². The minimum Gasteiger partial charge on any atom is -0.381 e. The lowest BCUT2D eigenvalue weighted by Gasteiger charge is -2.22. The van der Waals surface area contributed by atoms with Crippen LogP contribution in [0.25, 0.3) is 0 Å². The highest BCUT2D eigenvalue weighted by molar-refractivity contribution is 5.82. The molecule has 1 spiro atoms. The van der Waals surface area contributed by atoms with E-state index < -0.39 is 0 Å². The van der Waals surface area contributed by atoms with Crippen molar-refractivity contribution in [3.8, 4) is 0 Å². The fraction of sp³-hybridized carbons (Fsp3) is 0.647. The molecular weight excluding hydrogens is 278 g/mol. The molecule has 1 amide bonds. The third-order valence-electron chi connectivity index (χ3n) is 4.88. The highest BCUT2D eigenvalue weighted by Gasteiger charge is 2.57. The van der Waals surface area contributed by atoms with Gasteiger partial charge in [-0.05, 0) is 49.3 Å². The van der Waals surface area contributed by atoms with Gasteiger partial charge >= 0.3 is 0 Å². The van der Waals surface area contributed by atoms with E-state index in [1.54, 1.807) is 6.20 Å². The molecule has 0 aromatic carbocycles. The van der Waals surface area contributed by atoms with Crippen molar-refractivity contribution in [1.82, 2.24) is 15.6 Å². The van der Waals surface area contributed by atoms with E-state index in [2.05, 4.69) is 21.7 Å². The van der Waals surface area contributed by atoms with Gasteiger partial charge in [-0.2, -0.15) is 0 Å². The number of amides is 1. The van der Waals surface area contributed by atoms with Gasteiger partial charge in [0.15, 0.2) is 0 Å². The average Bonchev–Trinajstić information content (AvgIpc) is 3.25. The van der Waals surface area contributed by atoms with E-state index in [4.69, 9.17) is 4.74 Å². The van der Waals surface area contributed by atoms with Crippen molar-refractivity contribution < 1.29 is 9.53 Å². The lowest BCUT2D eigenvalue weighted by Crippen LogP contribution is -2.31. The maximum atomic E-state index is 12.2. The Labute approximate surface area is 131 Å². The Morgan fingerprint density at radius 1 is 1.36 bits per heavy atom. The number of pyridine rings is 1. The molecule has 22 heavy (non-hydrogen) atoms. The quantitative estimate of drug-likeness (QED) is 0.749. The first-order chi connectivity index (χ1) is 10.8. The lowest BCUT2D eigenvalue weighted by molar-refractivity contribution is -0.123. The Morgan fingerprint density at radius 3 is 3.00 bits per heavy atom. The highest BCUT2D eigenvalue weighted by atomic mass is 16.5. The van der Waals surface area contributed by atoms with E-state index in [0.717, 1.165) is 58.5 Å². The van der Waals surface area contributed by atoms with Crippen LogP contribution in [0, 0.1) is 11.3 Å². The molecule has 120 valence electrons. The molecule has 1 aliphatic heterocycles. The molecule has 0 bridgehead atoms. The first-order valence-electron chi connectivity index (χ1n) is 8.25. The van der Waals surface area contributed by atoms with Crippen LogP contribution in [-0.4, -0.2) is 37.2 Å². The van der Waals surface area contributed by atoms with Gasteiger partial charge in [-0.3, -0.25) is 9.78 Å². The van der Waals surface area contributed by atoms with Crippen molar-refractivity contribution in [1.29, 1.82) is 0 Å². The van der Waals surface area contributed by atoms with Crippen LogP contribution in [0.2, 0.25) is 0 Å². The fourth-order valence-electron chi connectivity index (χ4n) is 3.33. The van der Waals surface area contributed by atoms with E-state index in [-0.39, 0.29) is 17.2 Å². The van der Waals surface area contributed by atoms with Crippen LogP contribution in [0.5, 0.6) is 0 Å². The van der Waals surface area contributed by atoms with Gasteiger partial charge in [-0.25, -0.2) is 0 Å². The minimum absolute atomic E-state index is 0.236. The molecule has 1 aliphatic carbocycles. The molecular formula is C17H25N3O2. The van der Waals surface area contributed by atoms with Crippen LogP contribution in [0.3, 0.4) is 0 Å². The second-order valence-electron chi connectivity index (χ2n) is 6.41. The lowest BCUT2D eigenvalue weighted by atomic mass is 9.93. The summed E-state index contributed by atoms with van der Waals surface area (Å²) in [5.41, 5.74) is 1.46. The number of nitrogens with one attached hydrogen (secondary N) is 2. The summed E-state index contributed by atoms with van der Waals surface area (Å²) in [5, 5.41) is 6.45. The van der Waals surface area contributed by atoms with Crippen molar-refractivity contribution in [2.45, 2.75) is 32.2 Å². The molecule has 2 fully saturated rings. The zero-order valence-electron chi connectivity index (χ0n) is 13.0. The second-order valence-corrected chi connectivity index (χ2v) is 6.41. The summed E-state index contributed by atoms with van der Waals surface area (Å²) in [6, 6.07) is 4.00. The summed E-state index contributed by atoms with van der Waals surface area (Å²) in [4.78, 5) is 16.2. The van der Waals surface area contributed by atoms with E-state index >= 15 is 0 Å². The summed E-state index contributed by atoms with van der Waals surface area (Å²) in [7, 11) is 0. The SMILES string of the molecule is O=C(NCCCNCc1cccnc1)[C@@H]1CC12CCOCC2. The van der Waals surface area contributed by atoms with Crippen LogP contribution < -0.4 is 10.6 Å². The Morgan fingerprint density at radius 2 is 2.23 bits per heavy atom. The molecule has 2 aliphatic rings. The predicted molar refractivity (Wildman–Crippen MR) is 84.2 cm³/mol. The molecule has 3 rings (SSSR count). The van der Waals surface area contributed by atoms with E-state index in [0.29, 0.717) is 0 Å². The number of nitrogens with zero attached hydrogens (tertiary/aromatic N) is 1. The van der Waals surface area contributed by atoms with E-state index in [9.17, 15) is 4.79 Å². The summed E-state index contributed by atoms with van der Waals surface area (Å²) in [5.74, 6) is 0.480.